The van der Waals surface area contributed by atoms with Gasteiger partial charge in [-0.25, -0.2) is 4.79 Å². The van der Waals surface area contributed by atoms with Gasteiger partial charge in [0, 0.05) is 7.11 Å². The minimum atomic E-state index is -4.49. The Morgan fingerprint density at radius 3 is 2.35 bits per heavy atom. The van der Waals surface area contributed by atoms with Crippen molar-refractivity contribution in [3.63, 3.8) is 0 Å². The van der Waals surface area contributed by atoms with Gasteiger partial charge in [0.25, 0.3) is 16.0 Å². The van der Waals surface area contributed by atoms with Crippen molar-refractivity contribution in [3.8, 4) is 0 Å². The quantitative estimate of drug-likeness (QED) is 0.514. The zero-order valence-electron chi connectivity index (χ0n) is 12.8. The highest BCUT2D eigenvalue weighted by Crippen LogP contribution is 2.16. The summed E-state index contributed by atoms with van der Waals surface area (Å²) in [6.07, 6.45) is -1.03. The first-order valence-electron chi connectivity index (χ1n) is 6.78. The summed E-state index contributed by atoms with van der Waals surface area (Å²) in [6, 6.07) is 6.93. The molecule has 23 heavy (non-hydrogen) atoms. The van der Waals surface area contributed by atoms with Crippen LogP contribution in [0.3, 0.4) is 0 Å². The third-order valence-corrected chi connectivity index (χ3v) is 3.60. The molecular formula is C14H19NO7S. The van der Waals surface area contributed by atoms with Crippen molar-refractivity contribution in [1.82, 2.24) is 5.32 Å². The summed E-state index contributed by atoms with van der Waals surface area (Å²) in [6.45, 7) is 1.54. The van der Waals surface area contributed by atoms with Gasteiger partial charge < -0.3 is 14.8 Å². The normalized spacial score (nSPS) is 13.9. The number of carbonyl (C=O) groups is 2. The van der Waals surface area contributed by atoms with Crippen molar-refractivity contribution in [2.75, 3.05) is 19.5 Å². The van der Waals surface area contributed by atoms with Crippen molar-refractivity contribution in [3.05, 3.63) is 35.9 Å². The van der Waals surface area contributed by atoms with E-state index in [9.17, 15) is 18.0 Å². The van der Waals surface area contributed by atoms with Crippen molar-refractivity contribution < 1.29 is 32.0 Å². The Kier molecular flexibility index (Phi) is 7.14. The van der Waals surface area contributed by atoms with E-state index in [-0.39, 0.29) is 6.61 Å². The molecule has 1 aromatic rings. The summed E-state index contributed by atoms with van der Waals surface area (Å²) in [4.78, 5) is 24.0. The van der Waals surface area contributed by atoms with Gasteiger partial charge in [-0.1, -0.05) is 30.3 Å². The van der Waals surface area contributed by atoms with E-state index in [0.717, 1.165) is 0 Å². The molecule has 0 fully saturated rings. The molecule has 0 aromatic heterocycles. The van der Waals surface area contributed by atoms with Gasteiger partial charge in [0.2, 0.25) is 0 Å². The molecule has 0 aliphatic rings. The Balaban J connectivity index is 2.92. The molecule has 9 heteroatoms. The van der Waals surface area contributed by atoms with Crippen LogP contribution in [0.5, 0.6) is 0 Å². The average Bonchev–Trinajstić information content (AvgIpc) is 2.47. The monoisotopic (exact) mass is 345 g/mol. The number of hydrogen-bond acceptors (Lipinski definition) is 6. The second-order valence-electron chi connectivity index (χ2n) is 4.59. The number of benzene rings is 1. The molecule has 0 aliphatic heterocycles. The number of nitrogens with one attached hydrogen (secondary N) is 1. The molecule has 0 heterocycles. The maximum absolute atomic E-state index is 12.3. The van der Waals surface area contributed by atoms with Crippen LogP contribution in [0.2, 0.25) is 0 Å². The molecule has 0 spiro atoms. The number of hydrogen-bond donors (Lipinski definition) is 2. The first-order valence-corrected chi connectivity index (χ1v) is 8.39. The molecule has 128 valence electrons. The summed E-state index contributed by atoms with van der Waals surface area (Å²) in [7, 11) is -3.18. The topological polar surface area (TPSA) is 119 Å². The van der Waals surface area contributed by atoms with E-state index < -0.39 is 39.9 Å². The molecular weight excluding hydrogens is 326 g/mol. The van der Waals surface area contributed by atoms with Gasteiger partial charge in [-0.05, 0) is 12.5 Å². The van der Waals surface area contributed by atoms with Gasteiger partial charge in [-0.3, -0.25) is 9.35 Å². The van der Waals surface area contributed by atoms with Gasteiger partial charge in [0.15, 0.2) is 6.10 Å². The first-order chi connectivity index (χ1) is 10.8. The van der Waals surface area contributed by atoms with E-state index in [0.29, 0.717) is 5.56 Å². The van der Waals surface area contributed by atoms with Gasteiger partial charge in [0.05, 0.1) is 6.61 Å². The fourth-order valence-electron chi connectivity index (χ4n) is 1.89. The minimum Gasteiger partial charge on any atom is -0.464 e. The highest BCUT2D eigenvalue weighted by atomic mass is 32.2. The van der Waals surface area contributed by atoms with Crippen molar-refractivity contribution in [1.29, 1.82) is 0 Å². The van der Waals surface area contributed by atoms with Gasteiger partial charge in [0.1, 0.15) is 11.8 Å². The zero-order valence-corrected chi connectivity index (χ0v) is 13.6. The summed E-state index contributed by atoms with van der Waals surface area (Å²) in [5.74, 6) is -2.66. The summed E-state index contributed by atoms with van der Waals surface area (Å²) >= 11 is 0. The van der Waals surface area contributed by atoms with E-state index >= 15 is 0 Å². The molecule has 0 saturated heterocycles. The predicted octanol–water partition coefficient (Wildman–Crippen LogP) is 0.310. The Bertz CT molecular complexity index is 630. The van der Waals surface area contributed by atoms with Gasteiger partial charge >= 0.3 is 5.97 Å². The molecule has 0 radical (unpaired) electrons. The minimum absolute atomic E-state index is 0.00305. The second-order valence-corrected chi connectivity index (χ2v) is 6.09. The highest BCUT2D eigenvalue weighted by Gasteiger charge is 2.30. The Morgan fingerprint density at radius 1 is 1.26 bits per heavy atom. The Morgan fingerprint density at radius 2 is 1.87 bits per heavy atom. The number of rotatable bonds is 8. The molecule has 1 unspecified atom stereocenters. The van der Waals surface area contributed by atoms with E-state index in [1.807, 2.05) is 0 Å². The van der Waals surface area contributed by atoms with Crippen molar-refractivity contribution in [2.45, 2.75) is 19.1 Å². The number of amides is 1. The van der Waals surface area contributed by atoms with E-state index in [4.69, 9.17) is 14.0 Å². The van der Waals surface area contributed by atoms with Crippen LogP contribution in [0.25, 0.3) is 0 Å². The van der Waals surface area contributed by atoms with Crippen LogP contribution in [0.1, 0.15) is 18.6 Å². The van der Waals surface area contributed by atoms with E-state index in [2.05, 4.69) is 5.32 Å². The molecule has 0 bridgehead atoms. The molecule has 1 amide bonds. The lowest BCUT2D eigenvalue weighted by Crippen LogP contribution is -2.48. The fourth-order valence-corrected chi connectivity index (χ4v) is 2.53. The lowest BCUT2D eigenvalue weighted by atomic mass is 10.1. The average molecular weight is 345 g/mol. The highest BCUT2D eigenvalue weighted by molar-refractivity contribution is 7.85. The van der Waals surface area contributed by atoms with Crippen LogP contribution in [0.15, 0.2) is 30.3 Å². The number of ether oxygens (including phenoxy) is 2. The Hall–Kier alpha value is -1.97. The molecule has 2 N–H and O–H groups in total. The predicted molar refractivity (Wildman–Crippen MR) is 81.2 cm³/mol. The first kappa shape index (κ1) is 19.1. The largest absolute Gasteiger partial charge is 0.464 e. The lowest BCUT2D eigenvalue weighted by Gasteiger charge is -2.20. The molecule has 0 aliphatic carbocycles. The van der Waals surface area contributed by atoms with Gasteiger partial charge in [-0.2, -0.15) is 8.42 Å². The van der Waals surface area contributed by atoms with Crippen LogP contribution in [0, 0.1) is 0 Å². The van der Waals surface area contributed by atoms with E-state index in [1.54, 1.807) is 30.3 Å². The lowest BCUT2D eigenvalue weighted by molar-refractivity contribution is -0.148. The number of carbonyl (C=O) groups excluding carboxylic acids is 2. The van der Waals surface area contributed by atoms with E-state index in [1.165, 1.54) is 14.0 Å². The maximum atomic E-state index is 12.3. The molecule has 1 aromatic carbocycles. The Labute approximate surface area is 134 Å². The SMILES string of the molecule is CCOC(=O)[C@H](CS(=O)(=O)O)NC(=O)C(OC)c1ccccc1. The summed E-state index contributed by atoms with van der Waals surface area (Å²) in [5.41, 5.74) is 0.530. The maximum Gasteiger partial charge on any atom is 0.329 e. The molecule has 0 saturated carbocycles. The molecule has 1 rings (SSSR count). The number of methoxy groups -OCH3 is 1. The van der Waals surface area contributed by atoms with Crippen LogP contribution < -0.4 is 5.32 Å². The van der Waals surface area contributed by atoms with Crippen molar-refractivity contribution in [2.24, 2.45) is 0 Å². The molecule has 8 nitrogen and oxygen atoms in total. The smallest absolute Gasteiger partial charge is 0.329 e. The van der Waals surface area contributed by atoms with Crippen LogP contribution >= 0.6 is 0 Å². The van der Waals surface area contributed by atoms with Crippen LogP contribution in [-0.4, -0.2) is 50.4 Å². The number of esters is 1. The van der Waals surface area contributed by atoms with Crippen LogP contribution in [0.4, 0.5) is 0 Å². The third kappa shape index (κ3) is 6.35. The van der Waals surface area contributed by atoms with Gasteiger partial charge in [-0.15, -0.1) is 0 Å². The third-order valence-electron chi connectivity index (χ3n) is 2.84. The summed E-state index contributed by atoms with van der Waals surface area (Å²) < 4.78 is 40.7. The molecule has 2 atom stereocenters. The van der Waals surface area contributed by atoms with Crippen molar-refractivity contribution >= 4 is 22.0 Å². The zero-order chi connectivity index (χ0) is 17.5. The second kappa shape index (κ2) is 8.61. The van der Waals surface area contributed by atoms with Crippen LogP contribution in [-0.2, 0) is 29.2 Å². The fraction of sp³-hybridized carbons (Fsp3) is 0.429. The standard InChI is InChI=1S/C14H19NO7S/c1-3-22-14(17)11(9-23(18,19)20)15-13(16)12(21-2)10-7-5-4-6-8-10/h4-8,11-12H,3,9H2,1-2H3,(H,15,16)(H,18,19,20)/t11-,12?/m0/s1. The summed E-state index contributed by atoms with van der Waals surface area (Å²) in [5, 5.41) is 2.23.